The fourth-order valence-corrected chi connectivity index (χ4v) is 3.53. The highest BCUT2D eigenvalue weighted by Crippen LogP contribution is 2.33. The van der Waals surface area contributed by atoms with Crippen LogP contribution in [0.4, 0.5) is 14.5 Å². The van der Waals surface area contributed by atoms with Crippen LogP contribution in [0.5, 0.6) is 0 Å². The summed E-state index contributed by atoms with van der Waals surface area (Å²) in [5, 5.41) is 13.4. The fourth-order valence-electron chi connectivity index (χ4n) is 3.41. The predicted molar refractivity (Wildman–Crippen MR) is 102 cm³/mol. The highest BCUT2D eigenvalue weighted by Gasteiger charge is 2.55. The summed E-state index contributed by atoms with van der Waals surface area (Å²) in [6.45, 7) is -0.0735. The third-order valence-electron chi connectivity index (χ3n) is 4.89. The quantitative estimate of drug-likeness (QED) is 0.572. The molecule has 3 aromatic rings. The van der Waals surface area contributed by atoms with Crippen LogP contribution in [-0.4, -0.2) is 39.0 Å². The molecule has 31 heavy (non-hydrogen) atoms. The van der Waals surface area contributed by atoms with Crippen LogP contribution in [0.3, 0.4) is 0 Å². The Morgan fingerprint density at radius 2 is 1.81 bits per heavy atom. The highest BCUT2D eigenvalue weighted by molar-refractivity contribution is 6.30. The number of amides is 2. The Bertz CT molecular complexity index is 1230. The molecule has 1 fully saturated rings. The predicted octanol–water partition coefficient (Wildman–Crippen LogP) is 3.16. The molecule has 2 aliphatic heterocycles. The molecule has 1 saturated heterocycles. The second-order valence-corrected chi connectivity index (χ2v) is 7.26. The van der Waals surface area contributed by atoms with Gasteiger partial charge in [-0.05, 0) is 36.4 Å². The monoisotopic (exact) mass is 444 g/mol. The maximum Gasteiger partial charge on any atom is 0.263 e. The van der Waals surface area contributed by atoms with E-state index in [4.69, 9.17) is 16.1 Å². The maximum atomic E-state index is 13.6. The lowest BCUT2D eigenvalue weighted by Gasteiger charge is -2.19. The van der Waals surface area contributed by atoms with E-state index in [1.165, 1.54) is 5.01 Å². The summed E-state index contributed by atoms with van der Waals surface area (Å²) in [6.07, 6.45) is 0. The SMILES string of the molecule is O=C1[C@H]2N=NN(Cc3nc(-c4ccc(Cl)cc4)no3)[C@H]2C(=O)N1c1ccc(F)c(F)c1. The van der Waals surface area contributed by atoms with Crippen LogP contribution < -0.4 is 4.90 Å². The number of nitrogens with zero attached hydrogens (tertiary/aromatic N) is 6. The van der Waals surface area contributed by atoms with Gasteiger partial charge in [0.2, 0.25) is 11.7 Å². The van der Waals surface area contributed by atoms with E-state index in [2.05, 4.69) is 20.5 Å². The minimum atomic E-state index is -1.17. The molecular formula is C19H11ClF2N6O3. The van der Waals surface area contributed by atoms with Gasteiger partial charge in [0.15, 0.2) is 23.7 Å². The summed E-state index contributed by atoms with van der Waals surface area (Å²) in [6, 6.07) is 7.44. The van der Waals surface area contributed by atoms with Crippen LogP contribution in [0, 0.1) is 11.6 Å². The molecule has 0 N–H and O–H groups in total. The molecule has 0 spiro atoms. The van der Waals surface area contributed by atoms with Crippen LogP contribution >= 0.6 is 11.6 Å². The van der Waals surface area contributed by atoms with Gasteiger partial charge in [-0.2, -0.15) is 10.1 Å². The number of carbonyl (C=O) groups excluding carboxylic acids is 2. The van der Waals surface area contributed by atoms with Crippen molar-refractivity contribution in [1.29, 1.82) is 0 Å². The summed E-state index contributed by atoms with van der Waals surface area (Å²) in [5.74, 6) is -3.14. The van der Waals surface area contributed by atoms with Gasteiger partial charge in [-0.15, -0.1) is 0 Å². The first-order valence-electron chi connectivity index (χ1n) is 9.01. The van der Waals surface area contributed by atoms with Crippen molar-refractivity contribution >= 4 is 29.1 Å². The molecule has 2 atom stereocenters. The lowest BCUT2D eigenvalue weighted by molar-refractivity contribution is -0.123. The topological polar surface area (TPSA) is 104 Å². The zero-order valence-electron chi connectivity index (χ0n) is 15.4. The van der Waals surface area contributed by atoms with Gasteiger partial charge >= 0.3 is 0 Å². The average molecular weight is 445 g/mol. The number of fused-ring (bicyclic) bond motifs is 1. The third-order valence-corrected chi connectivity index (χ3v) is 5.14. The van der Waals surface area contributed by atoms with E-state index in [1.807, 2.05) is 0 Å². The van der Waals surface area contributed by atoms with E-state index in [-0.39, 0.29) is 18.1 Å². The standard InChI is InChI=1S/C19H11ClF2N6O3/c20-10-3-1-9(2-4-10)17-23-14(31-25-17)8-27-16-15(24-26-27)18(29)28(19(16)30)11-5-6-12(21)13(22)7-11/h1-7,15-16H,8H2/t15-,16+/m0/s1. The van der Waals surface area contributed by atoms with Crippen molar-refractivity contribution in [2.24, 2.45) is 10.3 Å². The number of rotatable bonds is 4. The lowest BCUT2D eigenvalue weighted by atomic mass is 10.1. The molecule has 0 radical (unpaired) electrons. The van der Waals surface area contributed by atoms with Gasteiger partial charge in [0.05, 0.1) is 5.69 Å². The Morgan fingerprint density at radius 1 is 1.03 bits per heavy atom. The Kier molecular flexibility index (Phi) is 4.47. The van der Waals surface area contributed by atoms with Crippen molar-refractivity contribution in [3.8, 4) is 11.4 Å². The average Bonchev–Trinajstić information content (AvgIpc) is 3.44. The van der Waals surface area contributed by atoms with E-state index in [1.54, 1.807) is 24.3 Å². The zero-order valence-corrected chi connectivity index (χ0v) is 16.2. The van der Waals surface area contributed by atoms with Gasteiger partial charge in [0.1, 0.15) is 6.54 Å². The molecule has 0 bridgehead atoms. The number of anilines is 1. The molecule has 1 aromatic heterocycles. The summed E-state index contributed by atoms with van der Waals surface area (Å²) in [4.78, 5) is 30.6. The van der Waals surface area contributed by atoms with Crippen LogP contribution in [0.25, 0.3) is 11.4 Å². The summed E-state index contributed by atoms with van der Waals surface area (Å²) < 4.78 is 32.0. The van der Waals surface area contributed by atoms with Gasteiger partial charge in [-0.1, -0.05) is 22.0 Å². The first kappa shape index (κ1) is 19.2. The molecule has 3 heterocycles. The highest BCUT2D eigenvalue weighted by atomic mass is 35.5. The smallest absolute Gasteiger partial charge is 0.263 e. The Labute approximate surface area is 177 Å². The molecule has 9 nitrogen and oxygen atoms in total. The van der Waals surface area contributed by atoms with Crippen molar-refractivity contribution < 1.29 is 22.9 Å². The molecular weight excluding hydrogens is 434 g/mol. The summed E-state index contributed by atoms with van der Waals surface area (Å²) in [5.41, 5.74) is 0.596. The van der Waals surface area contributed by atoms with Gasteiger partial charge in [0, 0.05) is 16.7 Å². The minimum Gasteiger partial charge on any atom is -0.337 e. The molecule has 156 valence electrons. The van der Waals surface area contributed by atoms with Gasteiger partial charge in [-0.3, -0.25) is 14.6 Å². The van der Waals surface area contributed by atoms with Crippen LogP contribution in [-0.2, 0) is 16.1 Å². The van der Waals surface area contributed by atoms with Crippen LogP contribution in [0.15, 0.2) is 57.3 Å². The number of hydrogen-bond donors (Lipinski definition) is 0. The van der Waals surface area contributed by atoms with Crippen molar-refractivity contribution in [2.75, 3.05) is 4.90 Å². The molecule has 2 aromatic carbocycles. The first-order valence-corrected chi connectivity index (χ1v) is 9.39. The van der Waals surface area contributed by atoms with Crippen molar-refractivity contribution in [3.05, 3.63) is 65.0 Å². The summed E-state index contributed by atoms with van der Waals surface area (Å²) in [7, 11) is 0. The van der Waals surface area contributed by atoms with E-state index in [0.29, 0.717) is 16.4 Å². The molecule has 0 saturated carbocycles. The van der Waals surface area contributed by atoms with Crippen LogP contribution in [0.2, 0.25) is 5.02 Å². The third kappa shape index (κ3) is 3.22. The number of imide groups is 1. The zero-order chi connectivity index (χ0) is 21.7. The van der Waals surface area contributed by atoms with E-state index < -0.39 is 35.5 Å². The van der Waals surface area contributed by atoms with Gasteiger partial charge in [-0.25, -0.2) is 13.7 Å². The first-order chi connectivity index (χ1) is 14.9. The Balaban J connectivity index is 1.36. The van der Waals surface area contributed by atoms with Crippen molar-refractivity contribution in [3.63, 3.8) is 0 Å². The minimum absolute atomic E-state index is 0.0735. The Morgan fingerprint density at radius 3 is 2.55 bits per heavy atom. The number of aromatic nitrogens is 2. The molecule has 5 rings (SSSR count). The normalized spacial score (nSPS) is 20.1. The number of carbonyl (C=O) groups is 2. The van der Waals surface area contributed by atoms with Gasteiger partial charge in [0.25, 0.3) is 11.8 Å². The number of benzene rings is 2. The van der Waals surface area contributed by atoms with Crippen LogP contribution in [0.1, 0.15) is 5.89 Å². The van der Waals surface area contributed by atoms with E-state index in [0.717, 1.165) is 23.1 Å². The largest absolute Gasteiger partial charge is 0.337 e. The molecule has 12 heteroatoms. The van der Waals surface area contributed by atoms with Crippen molar-refractivity contribution in [2.45, 2.75) is 18.6 Å². The molecule has 0 aliphatic carbocycles. The molecule has 0 unspecified atom stereocenters. The number of halogens is 3. The Hall–Kier alpha value is -3.73. The van der Waals surface area contributed by atoms with E-state index in [9.17, 15) is 18.4 Å². The summed E-state index contributed by atoms with van der Waals surface area (Å²) >= 11 is 5.87. The maximum absolute atomic E-state index is 13.6. The van der Waals surface area contributed by atoms with Gasteiger partial charge < -0.3 is 4.52 Å². The van der Waals surface area contributed by atoms with Crippen molar-refractivity contribution in [1.82, 2.24) is 15.1 Å². The lowest BCUT2D eigenvalue weighted by Crippen LogP contribution is -2.39. The second-order valence-electron chi connectivity index (χ2n) is 6.82. The fraction of sp³-hybridized carbons (Fsp3) is 0.158. The molecule has 2 aliphatic rings. The second kappa shape index (κ2) is 7.20. The molecule has 2 amide bonds. The number of hydrogen-bond acceptors (Lipinski definition) is 8. The van der Waals surface area contributed by atoms with E-state index >= 15 is 0 Å².